The van der Waals surface area contributed by atoms with Gasteiger partial charge in [-0.25, -0.2) is 0 Å². The zero-order valence-corrected chi connectivity index (χ0v) is 14.9. The monoisotopic (exact) mass is 334 g/mol. The van der Waals surface area contributed by atoms with Crippen LogP contribution in [0.3, 0.4) is 0 Å². The Morgan fingerprint density at radius 2 is 1.92 bits per heavy atom. The van der Waals surface area contributed by atoms with Crippen LogP contribution in [0.4, 0.5) is 0 Å². The molecular weight excluding hydrogens is 304 g/mol. The van der Waals surface area contributed by atoms with Gasteiger partial charge in [-0.1, -0.05) is 6.42 Å². The Labute approximate surface area is 144 Å². The van der Waals surface area contributed by atoms with Gasteiger partial charge in [0, 0.05) is 32.4 Å². The van der Waals surface area contributed by atoms with Gasteiger partial charge < -0.3 is 14.9 Å². The van der Waals surface area contributed by atoms with Crippen LogP contribution in [0.1, 0.15) is 48.3 Å². The first kappa shape index (κ1) is 17.4. The van der Waals surface area contributed by atoms with Crippen molar-refractivity contribution in [1.82, 2.24) is 19.6 Å². The summed E-state index contributed by atoms with van der Waals surface area (Å²) >= 11 is 0. The molecule has 1 unspecified atom stereocenters. The zero-order chi connectivity index (χ0) is 17.1. The highest BCUT2D eigenvalue weighted by Gasteiger charge is 2.30. The molecule has 1 atom stereocenters. The molecule has 1 aromatic rings. The topological polar surface area (TPSA) is 61.6 Å². The third kappa shape index (κ3) is 3.98. The van der Waals surface area contributed by atoms with E-state index in [-0.39, 0.29) is 12.0 Å². The first-order valence-corrected chi connectivity index (χ1v) is 9.25. The van der Waals surface area contributed by atoms with Gasteiger partial charge in [0.15, 0.2) is 5.69 Å². The SMILES string of the molecule is Cc1cc(C(=O)N2CCC(C(O)CN3CCCCC3)CC2)nn1C. The van der Waals surface area contributed by atoms with Crippen LogP contribution < -0.4 is 0 Å². The number of aromatic nitrogens is 2. The molecule has 2 fully saturated rings. The molecule has 0 aromatic carbocycles. The molecule has 2 aliphatic rings. The lowest BCUT2D eigenvalue weighted by Crippen LogP contribution is -2.45. The van der Waals surface area contributed by atoms with Crippen LogP contribution in [0, 0.1) is 12.8 Å². The van der Waals surface area contributed by atoms with Crippen molar-refractivity contribution in [2.45, 2.75) is 45.1 Å². The lowest BCUT2D eigenvalue weighted by molar-refractivity contribution is 0.0250. The number of aryl methyl sites for hydroxylation is 2. The van der Waals surface area contributed by atoms with E-state index in [1.807, 2.05) is 24.9 Å². The van der Waals surface area contributed by atoms with Crippen molar-refractivity contribution in [2.75, 3.05) is 32.7 Å². The number of likely N-dealkylation sites (tertiary alicyclic amines) is 2. The number of carbonyl (C=O) groups excluding carboxylic acids is 1. The number of amides is 1. The van der Waals surface area contributed by atoms with Gasteiger partial charge in [-0.2, -0.15) is 5.10 Å². The number of aliphatic hydroxyl groups excluding tert-OH is 1. The molecule has 6 nitrogen and oxygen atoms in total. The number of aliphatic hydroxyl groups is 1. The molecule has 1 N–H and O–H groups in total. The van der Waals surface area contributed by atoms with E-state index < -0.39 is 0 Å². The van der Waals surface area contributed by atoms with Gasteiger partial charge in [0.1, 0.15) is 0 Å². The number of hydrogen-bond acceptors (Lipinski definition) is 4. The smallest absolute Gasteiger partial charge is 0.274 e. The van der Waals surface area contributed by atoms with Crippen LogP contribution in [0.5, 0.6) is 0 Å². The minimum absolute atomic E-state index is 0.0164. The predicted octanol–water partition coefficient (Wildman–Crippen LogP) is 1.43. The highest BCUT2D eigenvalue weighted by molar-refractivity contribution is 5.92. The summed E-state index contributed by atoms with van der Waals surface area (Å²) in [5.41, 5.74) is 1.52. The van der Waals surface area contributed by atoms with E-state index >= 15 is 0 Å². The molecule has 1 aromatic heterocycles. The van der Waals surface area contributed by atoms with Crippen molar-refractivity contribution in [3.63, 3.8) is 0 Å². The highest BCUT2D eigenvalue weighted by atomic mass is 16.3. The number of carbonyl (C=O) groups is 1. The lowest BCUT2D eigenvalue weighted by Gasteiger charge is -2.36. The van der Waals surface area contributed by atoms with Gasteiger partial charge in [-0.15, -0.1) is 0 Å². The Morgan fingerprint density at radius 3 is 2.50 bits per heavy atom. The van der Waals surface area contributed by atoms with Gasteiger partial charge in [0.2, 0.25) is 0 Å². The maximum absolute atomic E-state index is 12.5. The van der Waals surface area contributed by atoms with Crippen molar-refractivity contribution in [3.8, 4) is 0 Å². The largest absolute Gasteiger partial charge is 0.392 e. The Morgan fingerprint density at radius 1 is 1.25 bits per heavy atom. The molecule has 2 aliphatic heterocycles. The Kier molecular flexibility index (Phi) is 5.56. The molecule has 0 bridgehead atoms. The Balaban J connectivity index is 1.48. The number of hydrogen-bond donors (Lipinski definition) is 1. The van der Waals surface area contributed by atoms with E-state index in [0.29, 0.717) is 11.6 Å². The normalized spacial score (nSPS) is 21.9. The molecular formula is C18H30N4O2. The fourth-order valence-electron chi connectivity index (χ4n) is 3.87. The summed E-state index contributed by atoms with van der Waals surface area (Å²) in [6, 6.07) is 1.85. The van der Waals surface area contributed by atoms with E-state index in [2.05, 4.69) is 10.00 Å². The third-order valence-corrected chi connectivity index (χ3v) is 5.60. The first-order chi connectivity index (χ1) is 11.5. The van der Waals surface area contributed by atoms with Crippen LogP contribution in [-0.4, -0.2) is 69.4 Å². The minimum Gasteiger partial charge on any atom is -0.392 e. The van der Waals surface area contributed by atoms with E-state index in [1.54, 1.807) is 4.68 Å². The average molecular weight is 334 g/mol. The summed E-state index contributed by atoms with van der Waals surface area (Å²) in [6.45, 7) is 6.41. The summed E-state index contributed by atoms with van der Waals surface area (Å²) in [5, 5.41) is 14.8. The fourth-order valence-corrected chi connectivity index (χ4v) is 3.87. The molecule has 0 saturated carbocycles. The second kappa shape index (κ2) is 7.66. The predicted molar refractivity (Wildman–Crippen MR) is 92.9 cm³/mol. The number of rotatable bonds is 4. The molecule has 2 saturated heterocycles. The lowest BCUT2D eigenvalue weighted by atomic mass is 9.90. The van der Waals surface area contributed by atoms with Crippen LogP contribution in [0.15, 0.2) is 6.07 Å². The van der Waals surface area contributed by atoms with Gasteiger partial charge in [-0.3, -0.25) is 9.48 Å². The van der Waals surface area contributed by atoms with E-state index in [1.165, 1.54) is 19.3 Å². The summed E-state index contributed by atoms with van der Waals surface area (Å²) in [6.07, 6.45) is 5.32. The van der Waals surface area contributed by atoms with Crippen molar-refractivity contribution in [2.24, 2.45) is 13.0 Å². The maximum atomic E-state index is 12.5. The molecule has 3 heterocycles. The second-order valence-electron chi connectivity index (χ2n) is 7.35. The third-order valence-electron chi connectivity index (χ3n) is 5.60. The summed E-state index contributed by atoms with van der Waals surface area (Å²) < 4.78 is 1.74. The molecule has 3 rings (SSSR count). The molecule has 0 aliphatic carbocycles. The fraction of sp³-hybridized carbons (Fsp3) is 0.778. The highest BCUT2D eigenvalue weighted by Crippen LogP contribution is 2.23. The van der Waals surface area contributed by atoms with E-state index in [4.69, 9.17) is 0 Å². The molecule has 134 valence electrons. The summed E-state index contributed by atoms with van der Waals surface area (Å²) in [4.78, 5) is 16.8. The molecule has 1 amide bonds. The Hall–Kier alpha value is -1.40. The second-order valence-corrected chi connectivity index (χ2v) is 7.35. The summed E-state index contributed by atoms with van der Waals surface area (Å²) in [5.74, 6) is 0.323. The number of β-amino-alcohol motifs (C(OH)–C–C–N with tert-alkyl or cyclic N) is 1. The van der Waals surface area contributed by atoms with Crippen LogP contribution in [-0.2, 0) is 7.05 Å². The van der Waals surface area contributed by atoms with E-state index in [0.717, 1.165) is 51.3 Å². The van der Waals surface area contributed by atoms with Crippen molar-refractivity contribution >= 4 is 5.91 Å². The molecule has 6 heteroatoms. The molecule has 24 heavy (non-hydrogen) atoms. The quantitative estimate of drug-likeness (QED) is 0.905. The molecule has 0 spiro atoms. The van der Waals surface area contributed by atoms with Gasteiger partial charge in [0.05, 0.1) is 6.10 Å². The van der Waals surface area contributed by atoms with Gasteiger partial charge in [0.25, 0.3) is 5.91 Å². The Bertz CT molecular complexity index is 538. The number of piperidine rings is 2. The van der Waals surface area contributed by atoms with E-state index in [9.17, 15) is 9.90 Å². The van der Waals surface area contributed by atoms with Crippen molar-refractivity contribution in [3.05, 3.63) is 17.5 Å². The summed E-state index contributed by atoms with van der Waals surface area (Å²) in [7, 11) is 1.86. The average Bonchev–Trinajstić information content (AvgIpc) is 2.94. The minimum atomic E-state index is -0.266. The first-order valence-electron chi connectivity index (χ1n) is 9.25. The van der Waals surface area contributed by atoms with Crippen LogP contribution in [0.2, 0.25) is 0 Å². The van der Waals surface area contributed by atoms with Gasteiger partial charge >= 0.3 is 0 Å². The van der Waals surface area contributed by atoms with Crippen LogP contribution >= 0.6 is 0 Å². The van der Waals surface area contributed by atoms with Crippen LogP contribution in [0.25, 0.3) is 0 Å². The number of nitrogens with zero attached hydrogens (tertiary/aromatic N) is 4. The van der Waals surface area contributed by atoms with Gasteiger partial charge in [-0.05, 0) is 57.7 Å². The zero-order valence-electron chi connectivity index (χ0n) is 14.9. The maximum Gasteiger partial charge on any atom is 0.274 e. The standard InChI is InChI=1S/C18H30N4O2/c1-14-12-16(19-20(14)2)18(24)22-10-6-15(7-11-22)17(23)13-21-8-4-3-5-9-21/h12,15,17,23H,3-11,13H2,1-2H3. The van der Waals surface area contributed by atoms with Crippen molar-refractivity contribution < 1.29 is 9.90 Å². The molecule has 0 radical (unpaired) electrons. The van der Waals surface area contributed by atoms with Crippen molar-refractivity contribution in [1.29, 1.82) is 0 Å².